The molecule has 1 rings (SSSR count). The summed E-state index contributed by atoms with van der Waals surface area (Å²) in [5.41, 5.74) is -0.220. The van der Waals surface area contributed by atoms with E-state index in [1.54, 1.807) is 0 Å². The van der Waals surface area contributed by atoms with Crippen molar-refractivity contribution in [1.29, 1.82) is 5.26 Å². The molecule has 1 aliphatic carbocycles. The van der Waals surface area contributed by atoms with E-state index >= 15 is 0 Å². The number of nitriles is 1. The first kappa shape index (κ1) is 13.9. The zero-order valence-electron chi connectivity index (χ0n) is 10.8. The third-order valence-electron chi connectivity index (χ3n) is 3.51. The maximum atomic E-state index is 9.27. The Morgan fingerprint density at radius 2 is 2.31 bits per heavy atom. The van der Waals surface area contributed by atoms with Gasteiger partial charge in [-0.3, -0.25) is 5.32 Å². The second-order valence-corrected chi connectivity index (χ2v) is 6.27. The molecule has 0 spiro atoms. The van der Waals surface area contributed by atoms with Crippen molar-refractivity contribution in [2.75, 3.05) is 12.3 Å². The molecule has 0 aliphatic heterocycles. The first-order chi connectivity index (χ1) is 7.65. The van der Waals surface area contributed by atoms with Crippen LogP contribution in [-0.4, -0.2) is 23.1 Å². The number of nitrogens with one attached hydrogen (secondary N) is 1. The van der Waals surface area contributed by atoms with Gasteiger partial charge in [0.15, 0.2) is 0 Å². The molecule has 3 unspecified atom stereocenters. The highest BCUT2D eigenvalue weighted by molar-refractivity contribution is 7.99. The molecular weight excluding hydrogens is 216 g/mol. The van der Waals surface area contributed by atoms with E-state index in [0.717, 1.165) is 25.3 Å². The van der Waals surface area contributed by atoms with Crippen LogP contribution >= 0.6 is 11.8 Å². The summed E-state index contributed by atoms with van der Waals surface area (Å²) >= 11 is 2.07. The fourth-order valence-electron chi connectivity index (χ4n) is 2.20. The van der Waals surface area contributed by atoms with Gasteiger partial charge in [0.25, 0.3) is 0 Å². The molecule has 1 N–H and O–H groups in total. The van der Waals surface area contributed by atoms with E-state index in [2.05, 4.69) is 43.9 Å². The summed E-state index contributed by atoms with van der Waals surface area (Å²) < 4.78 is 0. The average Bonchev–Trinajstić information content (AvgIpc) is 2.71. The molecular formula is C13H24N2S. The van der Waals surface area contributed by atoms with Gasteiger partial charge >= 0.3 is 0 Å². The van der Waals surface area contributed by atoms with Gasteiger partial charge < -0.3 is 0 Å². The highest BCUT2D eigenvalue weighted by atomic mass is 32.2. The van der Waals surface area contributed by atoms with Crippen molar-refractivity contribution in [1.82, 2.24) is 5.32 Å². The van der Waals surface area contributed by atoms with E-state index in [1.807, 2.05) is 0 Å². The number of hydrogen-bond acceptors (Lipinski definition) is 3. The van der Waals surface area contributed by atoms with Crippen LogP contribution in [0.15, 0.2) is 0 Å². The summed E-state index contributed by atoms with van der Waals surface area (Å²) in [6, 6.07) is 2.49. The smallest absolute Gasteiger partial charge is 0.107 e. The molecule has 0 heterocycles. The van der Waals surface area contributed by atoms with Crippen LogP contribution in [0.5, 0.6) is 0 Å². The zero-order valence-corrected chi connectivity index (χ0v) is 11.6. The largest absolute Gasteiger partial charge is 0.300 e. The maximum absolute atomic E-state index is 9.27. The first-order valence-corrected chi connectivity index (χ1v) is 7.48. The Hall–Kier alpha value is -0.200. The van der Waals surface area contributed by atoms with Crippen molar-refractivity contribution < 1.29 is 0 Å². The summed E-state index contributed by atoms with van der Waals surface area (Å²) in [4.78, 5) is 0. The van der Waals surface area contributed by atoms with Gasteiger partial charge in [-0.2, -0.15) is 17.0 Å². The number of nitrogens with zero attached hydrogens (tertiary/aromatic N) is 1. The molecule has 3 heteroatoms. The normalized spacial score (nSPS) is 31.2. The summed E-state index contributed by atoms with van der Waals surface area (Å²) in [5, 5.41) is 13.3. The minimum atomic E-state index is -0.220. The quantitative estimate of drug-likeness (QED) is 0.774. The van der Waals surface area contributed by atoms with Crippen molar-refractivity contribution >= 4 is 11.8 Å². The van der Waals surface area contributed by atoms with Gasteiger partial charge in [-0.15, -0.1) is 0 Å². The molecule has 1 aliphatic rings. The molecule has 0 aromatic carbocycles. The highest BCUT2D eigenvalue weighted by Gasteiger charge is 2.38. The van der Waals surface area contributed by atoms with Crippen LogP contribution < -0.4 is 5.32 Å². The van der Waals surface area contributed by atoms with Crippen LogP contribution in [0, 0.1) is 17.2 Å². The van der Waals surface area contributed by atoms with Crippen LogP contribution in [0.2, 0.25) is 0 Å². The lowest BCUT2D eigenvalue weighted by atomic mass is 10.0. The number of thioether (sulfide) groups is 1. The Balaban J connectivity index is 2.36. The van der Waals surface area contributed by atoms with Gasteiger partial charge in [-0.1, -0.05) is 27.2 Å². The van der Waals surface area contributed by atoms with Crippen molar-refractivity contribution in [3.8, 4) is 6.07 Å². The van der Waals surface area contributed by atoms with Crippen molar-refractivity contribution in [3.63, 3.8) is 0 Å². The Bertz CT molecular complexity index is 249. The SMILES string of the molecule is CCNC1(C#N)CCC(SCC(C)CC)C1. The van der Waals surface area contributed by atoms with E-state index in [-0.39, 0.29) is 5.54 Å². The molecule has 92 valence electrons. The predicted molar refractivity (Wildman–Crippen MR) is 71.6 cm³/mol. The third kappa shape index (κ3) is 3.68. The van der Waals surface area contributed by atoms with Crippen LogP contribution in [-0.2, 0) is 0 Å². The zero-order chi connectivity index (χ0) is 12.0. The average molecular weight is 240 g/mol. The maximum Gasteiger partial charge on any atom is 0.107 e. The van der Waals surface area contributed by atoms with Gasteiger partial charge in [-0.25, -0.2) is 0 Å². The fourth-order valence-corrected chi connectivity index (χ4v) is 3.72. The third-order valence-corrected chi connectivity index (χ3v) is 5.15. The Labute approximate surface area is 104 Å². The van der Waals surface area contributed by atoms with Gasteiger partial charge in [-0.05, 0) is 37.5 Å². The molecule has 1 saturated carbocycles. The lowest BCUT2D eigenvalue weighted by Gasteiger charge is -2.22. The lowest BCUT2D eigenvalue weighted by molar-refractivity contribution is 0.436. The minimum Gasteiger partial charge on any atom is -0.300 e. The van der Waals surface area contributed by atoms with Gasteiger partial charge in [0.2, 0.25) is 0 Å². The fraction of sp³-hybridized carbons (Fsp3) is 0.923. The standard InChI is InChI=1S/C13H24N2S/c1-4-11(3)9-16-12-6-7-13(8-12,10-14)15-5-2/h11-12,15H,4-9H2,1-3H3. The summed E-state index contributed by atoms with van der Waals surface area (Å²) in [5.74, 6) is 2.05. The molecule has 0 radical (unpaired) electrons. The minimum absolute atomic E-state index is 0.220. The second kappa shape index (κ2) is 6.51. The number of hydrogen-bond donors (Lipinski definition) is 1. The predicted octanol–water partition coefficient (Wildman–Crippen LogP) is 3.19. The van der Waals surface area contributed by atoms with E-state index in [9.17, 15) is 5.26 Å². The first-order valence-electron chi connectivity index (χ1n) is 6.43. The van der Waals surface area contributed by atoms with Crippen molar-refractivity contribution in [3.05, 3.63) is 0 Å². The summed E-state index contributed by atoms with van der Waals surface area (Å²) in [6.07, 6.45) is 4.51. The van der Waals surface area contributed by atoms with Gasteiger partial charge in [0.1, 0.15) is 5.54 Å². The molecule has 3 atom stereocenters. The van der Waals surface area contributed by atoms with E-state index in [0.29, 0.717) is 5.25 Å². The van der Waals surface area contributed by atoms with Crippen LogP contribution in [0.4, 0.5) is 0 Å². The topological polar surface area (TPSA) is 35.8 Å². The Morgan fingerprint density at radius 1 is 1.56 bits per heavy atom. The van der Waals surface area contributed by atoms with E-state index < -0.39 is 0 Å². The molecule has 0 amide bonds. The molecule has 0 aromatic rings. The molecule has 1 fully saturated rings. The van der Waals surface area contributed by atoms with Crippen LogP contribution in [0.1, 0.15) is 46.5 Å². The molecule has 0 bridgehead atoms. The van der Waals surface area contributed by atoms with Gasteiger partial charge in [0, 0.05) is 5.25 Å². The lowest BCUT2D eigenvalue weighted by Crippen LogP contribution is -2.41. The molecule has 0 saturated heterocycles. The van der Waals surface area contributed by atoms with E-state index in [1.165, 1.54) is 18.6 Å². The Kier molecular flexibility index (Phi) is 5.64. The van der Waals surface area contributed by atoms with Crippen molar-refractivity contribution in [2.45, 2.75) is 57.2 Å². The molecule has 0 aromatic heterocycles. The Morgan fingerprint density at radius 3 is 2.88 bits per heavy atom. The molecule has 2 nitrogen and oxygen atoms in total. The number of rotatable bonds is 6. The monoisotopic (exact) mass is 240 g/mol. The highest BCUT2D eigenvalue weighted by Crippen LogP contribution is 2.37. The van der Waals surface area contributed by atoms with E-state index in [4.69, 9.17) is 0 Å². The van der Waals surface area contributed by atoms with Crippen molar-refractivity contribution in [2.24, 2.45) is 5.92 Å². The summed E-state index contributed by atoms with van der Waals surface area (Å²) in [7, 11) is 0. The second-order valence-electron chi connectivity index (χ2n) is 4.94. The summed E-state index contributed by atoms with van der Waals surface area (Å²) in [6.45, 7) is 7.54. The van der Waals surface area contributed by atoms with Gasteiger partial charge in [0.05, 0.1) is 6.07 Å². The van der Waals surface area contributed by atoms with Crippen LogP contribution in [0.25, 0.3) is 0 Å². The molecule has 16 heavy (non-hydrogen) atoms. The van der Waals surface area contributed by atoms with Crippen LogP contribution in [0.3, 0.4) is 0 Å².